The highest BCUT2D eigenvalue weighted by Crippen LogP contribution is 2.60. The maximum absolute atomic E-state index is 13.5. The third kappa shape index (κ3) is 3.12. The lowest BCUT2D eigenvalue weighted by atomic mass is 9.49. The first kappa shape index (κ1) is 20.6. The van der Waals surface area contributed by atoms with Crippen molar-refractivity contribution in [1.29, 1.82) is 0 Å². The summed E-state index contributed by atoms with van der Waals surface area (Å²) in [5.41, 5.74) is 3.85. The van der Waals surface area contributed by atoms with E-state index in [2.05, 4.69) is 39.1 Å². The van der Waals surface area contributed by atoms with Crippen LogP contribution in [0.2, 0.25) is 0 Å². The van der Waals surface area contributed by atoms with Gasteiger partial charge in [0.2, 0.25) is 0 Å². The van der Waals surface area contributed by atoms with Crippen molar-refractivity contribution >= 4 is 11.6 Å². The van der Waals surface area contributed by atoms with Crippen LogP contribution >= 0.6 is 0 Å². The number of hydrogen-bond acceptors (Lipinski definition) is 4. The molecule has 6 heteroatoms. The molecular formula is C26H37N5O. The standard InChI is InChI=1S/C26H37N5O/c1-16(2)21-11-22(26-12-17-7-18(13-26)9-19(8-17)14-26)28-23-10-20(29-31(21)23)24(32)30-6-5-27-15-25(30,3)4/h10-11,16-19,27H,5-9,12-15H2,1-4H3. The van der Waals surface area contributed by atoms with E-state index < -0.39 is 0 Å². The van der Waals surface area contributed by atoms with Crippen molar-refractivity contribution in [1.82, 2.24) is 24.8 Å². The Hall–Kier alpha value is -1.95. The van der Waals surface area contributed by atoms with E-state index in [1.165, 1.54) is 49.9 Å². The highest BCUT2D eigenvalue weighted by Gasteiger charge is 2.52. The van der Waals surface area contributed by atoms with Crippen LogP contribution in [0.4, 0.5) is 0 Å². The van der Waals surface area contributed by atoms with Gasteiger partial charge < -0.3 is 10.2 Å². The van der Waals surface area contributed by atoms with E-state index in [-0.39, 0.29) is 16.9 Å². The molecule has 4 saturated carbocycles. The van der Waals surface area contributed by atoms with Gasteiger partial charge in [0, 0.05) is 36.8 Å². The molecule has 0 aromatic carbocycles. The number of aromatic nitrogens is 3. The van der Waals surface area contributed by atoms with Gasteiger partial charge in [0.15, 0.2) is 11.3 Å². The van der Waals surface area contributed by atoms with Crippen LogP contribution in [0.15, 0.2) is 12.1 Å². The predicted molar refractivity (Wildman–Crippen MR) is 125 cm³/mol. The number of hydrogen-bond donors (Lipinski definition) is 1. The molecule has 5 fully saturated rings. The lowest BCUT2D eigenvalue weighted by Gasteiger charge is -2.56. The first-order chi connectivity index (χ1) is 15.2. The molecule has 2 aromatic rings. The summed E-state index contributed by atoms with van der Waals surface area (Å²) in [5, 5.41) is 8.21. The van der Waals surface area contributed by atoms with Gasteiger partial charge in [-0.1, -0.05) is 13.8 Å². The van der Waals surface area contributed by atoms with Gasteiger partial charge in [-0.15, -0.1) is 0 Å². The third-order valence-electron chi connectivity index (χ3n) is 8.89. The number of amides is 1. The summed E-state index contributed by atoms with van der Waals surface area (Å²) in [7, 11) is 0. The summed E-state index contributed by atoms with van der Waals surface area (Å²) in [4.78, 5) is 20.7. The van der Waals surface area contributed by atoms with Crippen LogP contribution in [-0.4, -0.2) is 50.6 Å². The predicted octanol–water partition coefficient (Wildman–Crippen LogP) is 4.14. The molecule has 0 spiro atoms. The molecule has 7 rings (SSSR count). The van der Waals surface area contributed by atoms with Crippen LogP contribution in [0.1, 0.15) is 94.0 Å². The fourth-order valence-electron chi connectivity index (χ4n) is 7.71. The van der Waals surface area contributed by atoms with Gasteiger partial charge in [-0.05, 0) is 82.1 Å². The number of rotatable bonds is 3. The third-order valence-corrected chi connectivity index (χ3v) is 8.89. The van der Waals surface area contributed by atoms with E-state index in [0.717, 1.165) is 36.5 Å². The molecule has 0 unspecified atom stereocenters. The number of piperazine rings is 1. The summed E-state index contributed by atoms with van der Waals surface area (Å²) >= 11 is 0. The van der Waals surface area contributed by atoms with Crippen molar-refractivity contribution in [2.75, 3.05) is 19.6 Å². The number of carbonyl (C=O) groups excluding carboxylic acids is 1. The molecule has 1 amide bonds. The average molecular weight is 436 g/mol. The second kappa shape index (κ2) is 7.02. The fraction of sp³-hybridized carbons (Fsp3) is 0.731. The Morgan fingerprint density at radius 2 is 1.75 bits per heavy atom. The van der Waals surface area contributed by atoms with E-state index in [1.807, 2.05) is 15.5 Å². The van der Waals surface area contributed by atoms with Gasteiger partial charge in [0.25, 0.3) is 5.91 Å². The largest absolute Gasteiger partial charge is 0.330 e. The minimum Gasteiger partial charge on any atom is -0.330 e. The van der Waals surface area contributed by atoms with Gasteiger partial charge in [0.05, 0.1) is 11.2 Å². The molecule has 1 aliphatic heterocycles. The molecule has 32 heavy (non-hydrogen) atoms. The quantitative estimate of drug-likeness (QED) is 0.787. The molecule has 4 aliphatic carbocycles. The first-order valence-corrected chi connectivity index (χ1v) is 12.7. The summed E-state index contributed by atoms with van der Waals surface area (Å²) in [5.74, 6) is 3.01. The molecular weight excluding hydrogens is 398 g/mol. The molecule has 6 nitrogen and oxygen atoms in total. The zero-order valence-electron chi connectivity index (χ0n) is 20.0. The monoisotopic (exact) mass is 435 g/mol. The molecule has 0 radical (unpaired) electrons. The molecule has 4 bridgehead atoms. The van der Waals surface area contributed by atoms with Crippen LogP contribution in [0.3, 0.4) is 0 Å². The lowest BCUT2D eigenvalue weighted by Crippen LogP contribution is -2.59. The van der Waals surface area contributed by atoms with Gasteiger partial charge in [0.1, 0.15) is 0 Å². The van der Waals surface area contributed by atoms with E-state index in [1.54, 1.807) is 0 Å². The fourth-order valence-corrected chi connectivity index (χ4v) is 7.71. The zero-order chi connectivity index (χ0) is 22.3. The van der Waals surface area contributed by atoms with Crippen LogP contribution in [0, 0.1) is 17.8 Å². The van der Waals surface area contributed by atoms with E-state index in [4.69, 9.17) is 10.1 Å². The Bertz CT molecular complexity index is 1030. The number of carbonyl (C=O) groups is 1. The molecule has 1 N–H and O–H groups in total. The van der Waals surface area contributed by atoms with Crippen molar-refractivity contribution in [3.05, 3.63) is 29.2 Å². The first-order valence-electron chi connectivity index (χ1n) is 12.7. The van der Waals surface area contributed by atoms with Gasteiger partial charge in [-0.25, -0.2) is 9.50 Å². The number of nitrogens with zero attached hydrogens (tertiary/aromatic N) is 4. The molecule has 3 heterocycles. The topological polar surface area (TPSA) is 62.5 Å². The number of fused-ring (bicyclic) bond motifs is 1. The minimum absolute atomic E-state index is 0.0214. The van der Waals surface area contributed by atoms with Gasteiger partial charge in [-0.3, -0.25) is 4.79 Å². The van der Waals surface area contributed by atoms with Gasteiger partial charge >= 0.3 is 0 Å². The lowest BCUT2D eigenvalue weighted by molar-refractivity contribution is -0.00719. The highest BCUT2D eigenvalue weighted by molar-refractivity contribution is 5.94. The second-order valence-corrected chi connectivity index (χ2v) is 12.2. The SMILES string of the molecule is CC(C)c1cc(C23CC4CC(CC(C4)C2)C3)nc2cc(C(=O)N3CCNCC3(C)C)nn12. The Morgan fingerprint density at radius 3 is 2.34 bits per heavy atom. The van der Waals surface area contributed by atoms with Crippen molar-refractivity contribution < 1.29 is 4.79 Å². The summed E-state index contributed by atoms with van der Waals surface area (Å²) in [6, 6.07) is 4.27. The van der Waals surface area contributed by atoms with Crippen LogP contribution < -0.4 is 5.32 Å². The van der Waals surface area contributed by atoms with Crippen molar-refractivity contribution in [2.24, 2.45) is 17.8 Å². The zero-order valence-corrected chi connectivity index (χ0v) is 20.0. The average Bonchev–Trinajstić information content (AvgIpc) is 3.15. The van der Waals surface area contributed by atoms with Crippen molar-refractivity contribution in [3.63, 3.8) is 0 Å². The molecule has 1 saturated heterocycles. The number of nitrogens with one attached hydrogen (secondary N) is 1. The normalized spacial score (nSPS) is 33.4. The molecule has 172 valence electrons. The molecule has 0 atom stereocenters. The smallest absolute Gasteiger partial charge is 0.274 e. The van der Waals surface area contributed by atoms with Crippen molar-refractivity contribution in [2.45, 2.75) is 83.1 Å². The maximum atomic E-state index is 13.5. The van der Waals surface area contributed by atoms with E-state index >= 15 is 0 Å². The summed E-state index contributed by atoms with van der Waals surface area (Å²) in [6.45, 7) is 11.0. The molecule has 2 aromatic heterocycles. The van der Waals surface area contributed by atoms with E-state index in [9.17, 15) is 4.79 Å². The summed E-state index contributed by atoms with van der Waals surface area (Å²) in [6.07, 6.45) is 8.21. The Balaban J connectivity index is 1.42. The van der Waals surface area contributed by atoms with Crippen LogP contribution in [0.5, 0.6) is 0 Å². The Kier molecular flexibility index (Phi) is 4.53. The summed E-state index contributed by atoms with van der Waals surface area (Å²) < 4.78 is 1.94. The van der Waals surface area contributed by atoms with E-state index in [0.29, 0.717) is 18.2 Å². The maximum Gasteiger partial charge on any atom is 0.274 e. The Labute approximate surface area is 191 Å². The van der Waals surface area contributed by atoms with Gasteiger partial charge in [-0.2, -0.15) is 5.10 Å². The van der Waals surface area contributed by atoms with Crippen molar-refractivity contribution in [3.8, 4) is 0 Å². The minimum atomic E-state index is -0.218. The Morgan fingerprint density at radius 1 is 1.09 bits per heavy atom. The van der Waals surface area contributed by atoms with Crippen LogP contribution in [0.25, 0.3) is 5.65 Å². The van der Waals surface area contributed by atoms with Crippen LogP contribution in [-0.2, 0) is 5.41 Å². The second-order valence-electron chi connectivity index (χ2n) is 12.2. The molecule has 5 aliphatic rings. The highest BCUT2D eigenvalue weighted by atomic mass is 16.2.